The van der Waals surface area contributed by atoms with Gasteiger partial charge in [-0.3, -0.25) is 9.59 Å². The van der Waals surface area contributed by atoms with Crippen molar-refractivity contribution in [1.82, 2.24) is 4.90 Å². The number of hydrogen-bond donors (Lipinski definition) is 1. The summed E-state index contributed by atoms with van der Waals surface area (Å²) in [6.07, 6.45) is 6.26. The van der Waals surface area contributed by atoms with Crippen molar-refractivity contribution in [3.8, 4) is 0 Å². The van der Waals surface area contributed by atoms with Crippen LogP contribution in [0, 0.1) is 5.92 Å². The summed E-state index contributed by atoms with van der Waals surface area (Å²) in [6.45, 7) is 4.50. The second kappa shape index (κ2) is 10.2. The number of likely N-dealkylation sites (tertiary alicyclic amines) is 1. The number of piperidine rings is 1. The van der Waals surface area contributed by atoms with Gasteiger partial charge in [-0.1, -0.05) is 32.6 Å². The smallest absolute Gasteiger partial charge is 0.328 e. The van der Waals surface area contributed by atoms with E-state index in [4.69, 9.17) is 4.74 Å². The van der Waals surface area contributed by atoms with Crippen LogP contribution in [0.25, 0.3) is 0 Å². The monoisotopic (exact) mass is 327 g/mol. The minimum atomic E-state index is -1.10. The Balaban J connectivity index is 2.74. The number of carboxylic acids is 1. The van der Waals surface area contributed by atoms with E-state index in [1.807, 2.05) is 0 Å². The third kappa shape index (κ3) is 5.84. The number of aliphatic carboxylic acids is 1. The molecule has 1 saturated heterocycles. The van der Waals surface area contributed by atoms with Crippen molar-refractivity contribution >= 4 is 17.8 Å². The van der Waals surface area contributed by atoms with E-state index in [9.17, 15) is 19.5 Å². The number of esters is 1. The van der Waals surface area contributed by atoms with Crippen LogP contribution < -0.4 is 0 Å². The van der Waals surface area contributed by atoms with Crippen LogP contribution in [0.15, 0.2) is 0 Å². The Morgan fingerprint density at radius 1 is 1.17 bits per heavy atom. The molecule has 0 radical (unpaired) electrons. The Labute approximate surface area is 138 Å². The number of rotatable bonds is 9. The van der Waals surface area contributed by atoms with Crippen molar-refractivity contribution in [2.24, 2.45) is 5.92 Å². The van der Waals surface area contributed by atoms with Crippen LogP contribution in [-0.2, 0) is 19.1 Å². The lowest BCUT2D eigenvalue weighted by atomic mass is 9.95. The Hall–Kier alpha value is -1.59. The van der Waals surface area contributed by atoms with Gasteiger partial charge < -0.3 is 14.7 Å². The molecule has 0 aliphatic carbocycles. The number of hydrogen-bond acceptors (Lipinski definition) is 4. The van der Waals surface area contributed by atoms with Gasteiger partial charge in [0.1, 0.15) is 12.0 Å². The zero-order valence-electron chi connectivity index (χ0n) is 14.3. The van der Waals surface area contributed by atoms with Crippen molar-refractivity contribution in [2.45, 2.75) is 71.3 Å². The SMILES string of the molecule is CCCCCCC(C(=O)O)C(=O)N1CCCC[C@H]1C(=O)OCC. The van der Waals surface area contributed by atoms with Crippen LogP contribution in [0.4, 0.5) is 0 Å². The summed E-state index contributed by atoms with van der Waals surface area (Å²) in [4.78, 5) is 37.6. The summed E-state index contributed by atoms with van der Waals surface area (Å²) in [5, 5.41) is 9.40. The molecule has 1 rings (SSSR count). The summed E-state index contributed by atoms with van der Waals surface area (Å²) in [5.74, 6) is -3.01. The Bertz CT molecular complexity index is 410. The standard InChI is InChI=1S/C17H29NO5/c1-3-5-6-7-10-13(16(20)21)15(19)18-12-9-8-11-14(18)17(22)23-4-2/h13-14H,3-12H2,1-2H3,(H,20,21)/t13?,14-/m0/s1. The topological polar surface area (TPSA) is 83.9 Å². The number of nitrogens with zero attached hydrogens (tertiary/aromatic N) is 1. The number of unbranched alkanes of at least 4 members (excludes halogenated alkanes) is 3. The maximum absolute atomic E-state index is 12.7. The predicted molar refractivity (Wildman–Crippen MR) is 85.9 cm³/mol. The minimum Gasteiger partial charge on any atom is -0.481 e. The quantitative estimate of drug-likeness (QED) is 0.400. The molecule has 0 aromatic heterocycles. The number of carbonyl (C=O) groups excluding carboxylic acids is 2. The van der Waals surface area contributed by atoms with E-state index in [1.165, 1.54) is 4.90 Å². The highest BCUT2D eigenvalue weighted by atomic mass is 16.5. The fourth-order valence-corrected chi connectivity index (χ4v) is 3.01. The van der Waals surface area contributed by atoms with Gasteiger partial charge in [0.05, 0.1) is 6.61 Å². The van der Waals surface area contributed by atoms with Crippen LogP contribution in [0.2, 0.25) is 0 Å². The maximum Gasteiger partial charge on any atom is 0.328 e. The first-order valence-corrected chi connectivity index (χ1v) is 8.72. The summed E-state index contributed by atoms with van der Waals surface area (Å²) in [5.41, 5.74) is 0. The third-order valence-electron chi connectivity index (χ3n) is 4.29. The van der Waals surface area contributed by atoms with Gasteiger partial charge in [-0.15, -0.1) is 0 Å². The molecule has 6 heteroatoms. The van der Waals surface area contributed by atoms with Gasteiger partial charge in [0.25, 0.3) is 0 Å². The van der Waals surface area contributed by atoms with Crippen LogP contribution >= 0.6 is 0 Å². The van der Waals surface area contributed by atoms with E-state index in [1.54, 1.807) is 6.92 Å². The molecule has 0 bridgehead atoms. The van der Waals surface area contributed by atoms with Crippen LogP contribution in [-0.4, -0.2) is 47.0 Å². The molecule has 0 saturated carbocycles. The molecule has 0 aromatic carbocycles. The molecule has 0 aromatic rings. The van der Waals surface area contributed by atoms with E-state index in [2.05, 4.69) is 6.92 Å². The number of carbonyl (C=O) groups is 3. The second-order valence-corrected chi connectivity index (χ2v) is 6.04. The first-order valence-electron chi connectivity index (χ1n) is 8.72. The van der Waals surface area contributed by atoms with E-state index < -0.39 is 29.8 Å². The number of carboxylic acid groups (broad SMARTS) is 1. The molecule has 1 amide bonds. The zero-order chi connectivity index (χ0) is 17.2. The number of ether oxygens (including phenoxy) is 1. The molecular weight excluding hydrogens is 298 g/mol. The third-order valence-corrected chi connectivity index (χ3v) is 4.29. The zero-order valence-corrected chi connectivity index (χ0v) is 14.3. The molecule has 6 nitrogen and oxygen atoms in total. The van der Waals surface area contributed by atoms with Gasteiger partial charge in [-0.25, -0.2) is 4.79 Å². The van der Waals surface area contributed by atoms with Crippen LogP contribution in [0.1, 0.15) is 65.2 Å². The van der Waals surface area contributed by atoms with Crippen LogP contribution in [0.3, 0.4) is 0 Å². The van der Waals surface area contributed by atoms with Crippen LogP contribution in [0.5, 0.6) is 0 Å². The molecule has 1 heterocycles. The van der Waals surface area contributed by atoms with E-state index in [0.717, 1.165) is 32.1 Å². The summed E-state index contributed by atoms with van der Waals surface area (Å²) >= 11 is 0. The molecule has 1 aliphatic heterocycles. The maximum atomic E-state index is 12.7. The lowest BCUT2D eigenvalue weighted by molar-refractivity contribution is -0.162. The molecule has 2 atom stereocenters. The highest BCUT2D eigenvalue weighted by Gasteiger charge is 2.38. The summed E-state index contributed by atoms with van der Waals surface area (Å²) in [6, 6.07) is -0.631. The first-order chi connectivity index (χ1) is 11.0. The van der Waals surface area contributed by atoms with Crippen molar-refractivity contribution in [3.63, 3.8) is 0 Å². The van der Waals surface area contributed by atoms with Gasteiger partial charge >= 0.3 is 11.9 Å². The molecule has 132 valence electrons. The van der Waals surface area contributed by atoms with Gasteiger partial charge in [-0.2, -0.15) is 0 Å². The molecule has 0 spiro atoms. The largest absolute Gasteiger partial charge is 0.481 e. The number of amides is 1. The lowest BCUT2D eigenvalue weighted by Gasteiger charge is -2.35. The van der Waals surface area contributed by atoms with Crippen molar-refractivity contribution in [3.05, 3.63) is 0 Å². The Kier molecular flexibility index (Phi) is 8.66. The fourth-order valence-electron chi connectivity index (χ4n) is 3.01. The normalized spacial score (nSPS) is 19.2. The summed E-state index contributed by atoms with van der Waals surface area (Å²) in [7, 11) is 0. The Morgan fingerprint density at radius 2 is 1.91 bits per heavy atom. The fraction of sp³-hybridized carbons (Fsp3) is 0.824. The minimum absolute atomic E-state index is 0.261. The van der Waals surface area contributed by atoms with Gasteiger partial charge in [-0.05, 0) is 32.6 Å². The molecular formula is C17H29NO5. The molecule has 1 aliphatic rings. The summed E-state index contributed by atoms with van der Waals surface area (Å²) < 4.78 is 5.03. The first kappa shape index (κ1) is 19.5. The second-order valence-electron chi connectivity index (χ2n) is 6.04. The van der Waals surface area contributed by atoms with Crippen molar-refractivity contribution in [2.75, 3.05) is 13.2 Å². The van der Waals surface area contributed by atoms with Gasteiger partial charge in [0.15, 0.2) is 0 Å². The molecule has 1 N–H and O–H groups in total. The average Bonchev–Trinajstić information content (AvgIpc) is 2.54. The van der Waals surface area contributed by atoms with Gasteiger partial charge in [0.2, 0.25) is 5.91 Å². The lowest BCUT2D eigenvalue weighted by Crippen LogP contribution is -2.51. The predicted octanol–water partition coefficient (Wildman–Crippen LogP) is 2.60. The van der Waals surface area contributed by atoms with Gasteiger partial charge in [0, 0.05) is 6.54 Å². The average molecular weight is 327 g/mol. The highest BCUT2D eigenvalue weighted by Crippen LogP contribution is 2.23. The van der Waals surface area contributed by atoms with E-state index in [-0.39, 0.29) is 6.61 Å². The molecule has 23 heavy (non-hydrogen) atoms. The molecule has 1 unspecified atom stereocenters. The van der Waals surface area contributed by atoms with Crippen molar-refractivity contribution in [1.29, 1.82) is 0 Å². The van der Waals surface area contributed by atoms with E-state index in [0.29, 0.717) is 25.8 Å². The molecule has 1 fully saturated rings. The highest BCUT2D eigenvalue weighted by molar-refractivity contribution is 5.98. The van der Waals surface area contributed by atoms with E-state index >= 15 is 0 Å². The Morgan fingerprint density at radius 3 is 2.52 bits per heavy atom. The van der Waals surface area contributed by atoms with Crippen molar-refractivity contribution < 1.29 is 24.2 Å².